The van der Waals surface area contributed by atoms with Crippen LogP contribution in [-0.4, -0.2) is 222 Å². The third-order valence-corrected chi connectivity index (χ3v) is 17.9. The Bertz CT molecular complexity index is 2450. The lowest BCUT2D eigenvalue weighted by Crippen LogP contribution is -2.61. The quantitative estimate of drug-likeness (QED) is 0.0400. The second kappa shape index (κ2) is 40.6. The van der Waals surface area contributed by atoms with Crippen LogP contribution >= 0.6 is 0 Å². The number of nitrogens with zero attached hydrogens (tertiary/aromatic N) is 4. The highest BCUT2D eigenvalue weighted by atomic mass is 16.6. The monoisotopic (exact) mass is 1270 g/mol. The Balaban J connectivity index is 1.22. The first-order valence-corrected chi connectivity index (χ1v) is 32.6. The van der Waals surface area contributed by atoms with Gasteiger partial charge in [0.05, 0.1) is 116 Å². The van der Waals surface area contributed by atoms with Gasteiger partial charge in [0.25, 0.3) is 11.7 Å². The number of hydrogen-bond donors (Lipinski definition) is 2. The van der Waals surface area contributed by atoms with Gasteiger partial charge >= 0.3 is 5.97 Å². The largest absolute Gasteiger partial charge is 0.460 e. The van der Waals surface area contributed by atoms with Crippen molar-refractivity contribution in [2.75, 3.05) is 108 Å². The van der Waals surface area contributed by atoms with Gasteiger partial charge in [-0.3, -0.25) is 19.2 Å². The fraction of sp³-hybridized carbons (Fsp3) is 0.776. The molecule has 2 N–H and O–H groups in total. The lowest BCUT2D eigenvalue weighted by molar-refractivity contribution is -0.265. The van der Waals surface area contributed by atoms with Gasteiger partial charge in [0, 0.05) is 65.6 Å². The van der Waals surface area contributed by atoms with Crippen molar-refractivity contribution in [2.45, 2.75) is 193 Å². The van der Waals surface area contributed by atoms with Gasteiger partial charge in [-0.05, 0) is 107 Å². The highest BCUT2D eigenvalue weighted by molar-refractivity contribution is 6.39. The number of ether oxygens (including phenoxy) is 12. The average Bonchev–Trinajstić information content (AvgIpc) is 0.895. The lowest BCUT2D eigenvalue weighted by atomic mass is 9.78. The molecule has 5 rings (SSSR count). The number of cyclic esters (lactones) is 1. The number of aliphatic hydroxyl groups is 2. The van der Waals surface area contributed by atoms with Crippen LogP contribution in [0.2, 0.25) is 0 Å². The number of hydrogen-bond acceptors (Lipinski definition) is 21. The summed E-state index contributed by atoms with van der Waals surface area (Å²) < 4.78 is 71.1. The molecule has 0 aromatic carbocycles. The number of piperidine rings is 1. The van der Waals surface area contributed by atoms with E-state index >= 15 is 0 Å². The third-order valence-electron chi connectivity index (χ3n) is 17.9. The van der Waals surface area contributed by atoms with Gasteiger partial charge in [-0.15, -0.1) is 5.10 Å². The van der Waals surface area contributed by atoms with Gasteiger partial charge in [-0.1, -0.05) is 76.3 Å². The van der Waals surface area contributed by atoms with E-state index in [4.69, 9.17) is 56.8 Å². The summed E-state index contributed by atoms with van der Waals surface area (Å²) >= 11 is 0. The lowest BCUT2D eigenvalue weighted by Gasteiger charge is -2.42. The van der Waals surface area contributed by atoms with Crippen molar-refractivity contribution in [1.29, 1.82) is 0 Å². The molecule has 2 bridgehead atoms. The molecular weight excluding hydrogens is 1160 g/mol. The van der Waals surface area contributed by atoms with Crippen molar-refractivity contribution in [3.05, 3.63) is 59.5 Å². The maximum Gasteiger partial charge on any atom is 0.329 e. The molecule has 1 amide bonds. The molecule has 4 heterocycles. The normalized spacial score (nSPS) is 32.5. The standard InChI is InChI=1S/C67H108N4O19/c1-45-17-13-12-14-18-46(2)58(80-9)41-54-22-20-51(7)67(78,90-54)64(75)65(76)71-24-16-15-19-55(71)66(77)89-59(42-56(72)47(3)38-50(6)62(74)63(82-11)61(73)49(5)37-45)48(4)39-52-21-23-57(60(40-52)81-10)88-36-35-87-44-53-43-70(69-68-53)25-26-83-29-30-85-33-34-86-32-31-84-28-27-79-8/h12-14,17-18,38,43,45,47-49,51-52,54-55,57-60,62-63,74,78H,15-16,19-37,39-42,44H2,1-11H3/b14-12+,17-13+,46-18+,50-38+/t45-,47-,48-,49-,51-,52+,54+,55+,57-,58+,59+,60-,62-,63+,67-/m1/s1. The summed E-state index contributed by atoms with van der Waals surface area (Å²) in [6.45, 7) is 18.6. The summed E-state index contributed by atoms with van der Waals surface area (Å²) in [6.07, 6.45) is 13.5. The van der Waals surface area contributed by atoms with Crippen molar-refractivity contribution in [3.63, 3.8) is 0 Å². The molecule has 23 nitrogen and oxygen atoms in total. The Morgan fingerprint density at radius 1 is 0.733 bits per heavy atom. The van der Waals surface area contributed by atoms with Crippen LogP contribution in [0.15, 0.2) is 53.8 Å². The number of carbonyl (C=O) groups excluding carboxylic acids is 5. The molecule has 1 aliphatic carbocycles. The fourth-order valence-electron chi connectivity index (χ4n) is 12.3. The smallest absolute Gasteiger partial charge is 0.329 e. The summed E-state index contributed by atoms with van der Waals surface area (Å²) in [5, 5.41) is 32.1. The van der Waals surface area contributed by atoms with Gasteiger partial charge in [0.2, 0.25) is 5.79 Å². The van der Waals surface area contributed by atoms with Crippen LogP contribution in [0.3, 0.4) is 0 Å². The third kappa shape index (κ3) is 24.5. The number of aliphatic hydroxyl groups excluding tert-OH is 1. The number of amides is 1. The van der Waals surface area contributed by atoms with Crippen molar-refractivity contribution >= 4 is 29.2 Å². The molecule has 15 atom stereocenters. The molecule has 2 saturated heterocycles. The van der Waals surface area contributed by atoms with E-state index in [0.29, 0.717) is 148 Å². The maximum absolute atomic E-state index is 14.7. The topological polar surface area (TPSA) is 271 Å². The van der Waals surface area contributed by atoms with Crippen LogP contribution in [0.4, 0.5) is 0 Å². The van der Waals surface area contributed by atoms with Gasteiger partial charge in [-0.2, -0.15) is 0 Å². The van der Waals surface area contributed by atoms with Crippen LogP contribution in [0.1, 0.15) is 131 Å². The van der Waals surface area contributed by atoms with E-state index in [0.717, 1.165) is 12.0 Å². The molecule has 0 unspecified atom stereocenters. The number of methoxy groups -OCH3 is 4. The molecule has 23 heteroatoms. The van der Waals surface area contributed by atoms with Crippen LogP contribution in [0, 0.1) is 35.5 Å². The number of Topliss-reactive ketones (excluding diaryl/α,β-unsaturated/α-hetero) is 3. The highest BCUT2D eigenvalue weighted by Gasteiger charge is 2.53. The molecule has 1 saturated carbocycles. The van der Waals surface area contributed by atoms with Gasteiger partial charge in [-0.25, -0.2) is 9.48 Å². The van der Waals surface area contributed by atoms with E-state index in [2.05, 4.69) is 10.3 Å². The molecule has 0 spiro atoms. The molecule has 3 fully saturated rings. The SMILES string of the molecule is COCCOCCOCCOCCOCCn1cc(COCCO[C@@H]2CC[C@@H](C[C@@H](C)[C@@H]3CC(=O)[C@H](C)/C=C(\C)[C@@H](O)[C@@H](OC)C(=O)[C@H](C)C[C@H](C)/C=C/C=C/C=C(\C)[C@@H](OC)C[C@@H]4CC[C@@H](C)[C@@](O)(O4)C(=O)C(=O)N4CCCC[C@H]4C(=O)O3)C[C@H]2OC)nn1. The van der Waals surface area contributed by atoms with Crippen LogP contribution < -0.4 is 0 Å². The second-order valence-electron chi connectivity index (χ2n) is 24.9. The Morgan fingerprint density at radius 2 is 1.42 bits per heavy atom. The Hall–Kier alpha value is -4.47. The number of rotatable bonds is 27. The van der Waals surface area contributed by atoms with Gasteiger partial charge < -0.3 is 72.0 Å². The molecule has 3 aliphatic heterocycles. The number of carbonyl (C=O) groups is 5. The van der Waals surface area contributed by atoms with Crippen molar-refractivity contribution in [3.8, 4) is 0 Å². The fourth-order valence-corrected chi connectivity index (χ4v) is 12.3. The summed E-state index contributed by atoms with van der Waals surface area (Å²) in [5.41, 5.74) is 1.93. The zero-order valence-corrected chi connectivity index (χ0v) is 55.6. The first kappa shape index (κ1) is 76.2. The zero-order valence-electron chi connectivity index (χ0n) is 55.6. The summed E-state index contributed by atoms with van der Waals surface area (Å²) in [5.74, 6) is -8.16. The predicted molar refractivity (Wildman–Crippen MR) is 334 cm³/mol. The highest BCUT2D eigenvalue weighted by Crippen LogP contribution is 2.38. The Labute approximate surface area is 534 Å². The zero-order chi connectivity index (χ0) is 65.6. The van der Waals surface area contributed by atoms with E-state index in [1.54, 1.807) is 52.9 Å². The number of fused-ring (bicyclic) bond motifs is 3. The van der Waals surface area contributed by atoms with Crippen molar-refractivity contribution in [2.24, 2.45) is 35.5 Å². The van der Waals surface area contributed by atoms with Crippen LogP contribution in [-0.2, 0) is 94.0 Å². The molecule has 4 aliphatic rings. The van der Waals surface area contributed by atoms with E-state index in [1.807, 2.05) is 64.3 Å². The number of aromatic nitrogens is 3. The summed E-state index contributed by atoms with van der Waals surface area (Å²) in [7, 11) is 6.25. The maximum atomic E-state index is 14.7. The Kier molecular flexibility index (Phi) is 34.4. The Morgan fingerprint density at radius 3 is 2.10 bits per heavy atom. The van der Waals surface area contributed by atoms with E-state index < -0.39 is 77.8 Å². The molecule has 1 aromatic heterocycles. The van der Waals surface area contributed by atoms with Crippen molar-refractivity contribution < 1.29 is 91.0 Å². The van der Waals surface area contributed by atoms with E-state index in [9.17, 15) is 34.2 Å². The van der Waals surface area contributed by atoms with E-state index in [-0.39, 0.29) is 67.5 Å². The van der Waals surface area contributed by atoms with E-state index in [1.165, 1.54) is 12.0 Å². The minimum Gasteiger partial charge on any atom is -0.460 e. The van der Waals surface area contributed by atoms with Crippen molar-refractivity contribution in [1.82, 2.24) is 19.9 Å². The second-order valence-corrected chi connectivity index (χ2v) is 24.9. The summed E-state index contributed by atoms with van der Waals surface area (Å²) in [4.78, 5) is 73.1. The molecular formula is C67H108N4O19. The minimum atomic E-state index is -2.45. The van der Waals surface area contributed by atoms with Gasteiger partial charge in [0.15, 0.2) is 5.78 Å². The predicted octanol–water partition coefficient (Wildman–Crippen LogP) is 6.73. The molecule has 1 aromatic rings. The van der Waals surface area contributed by atoms with Crippen LogP contribution in [0.5, 0.6) is 0 Å². The number of ketones is 3. The average molecular weight is 1270 g/mol. The van der Waals surface area contributed by atoms with Gasteiger partial charge in [0.1, 0.15) is 35.8 Å². The van der Waals surface area contributed by atoms with Crippen LogP contribution in [0.25, 0.3) is 0 Å². The number of esters is 1. The number of allylic oxidation sites excluding steroid dienone is 6. The first-order chi connectivity index (χ1) is 43.2. The minimum absolute atomic E-state index is 0.00170. The summed E-state index contributed by atoms with van der Waals surface area (Å²) in [6, 6.07) is -1.17. The molecule has 90 heavy (non-hydrogen) atoms. The molecule has 0 radical (unpaired) electrons. The molecule has 510 valence electrons. The first-order valence-electron chi connectivity index (χ1n) is 32.6.